The van der Waals surface area contributed by atoms with Gasteiger partial charge < -0.3 is 10.2 Å². The normalized spacial score (nSPS) is 14.4. The molecular weight excluding hydrogens is 244 g/mol. The molecule has 3 nitrogen and oxygen atoms in total. The van der Waals surface area contributed by atoms with E-state index in [1.165, 1.54) is 5.56 Å². The van der Waals surface area contributed by atoms with Crippen LogP contribution in [0.3, 0.4) is 0 Å². The Morgan fingerprint density at radius 3 is 2.67 bits per heavy atom. The summed E-state index contributed by atoms with van der Waals surface area (Å²) in [5.74, 6) is 0.899. The highest BCUT2D eigenvalue weighted by Gasteiger charge is 2.21. The monoisotopic (exact) mass is 262 g/mol. The van der Waals surface area contributed by atoms with E-state index in [-0.39, 0.29) is 11.3 Å². The minimum Gasteiger partial charge on any atom is -0.468 e. The number of aromatic nitrogens is 1. The molecule has 2 atom stereocenters. The summed E-state index contributed by atoms with van der Waals surface area (Å²) in [6.45, 7) is 6.07. The molecule has 0 bridgehead atoms. The highest BCUT2D eigenvalue weighted by molar-refractivity contribution is 7.99. The maximum Gasteiger partial charge on any atom is 0.118 e. The molecule has 0 spiro atoms. The van der Waals surface area contributed by atoms with Crippen molar-refractivity contribution >= 4 is 11.8 Å². The second-order valence-electron chi connectivity index (χ2n) is 4.54. The molecule has 0 aliphatic carbocycles. The standard InChI is InChI=1S/C14H18N2OS/c1-9-7-10(2)16-13(8-9)18-14(11(3)15)12-5-4-6-17-12/h4-8,11,14H,15H2,1-3H3. The number of hydrogen-bond donors (Lipinski definition) is 1. The zero-order chi connectivity index (χ0) is 13.1. The van der Waals surface area contributed by atoms with Gasteiger partial charge in [0.25, 0.3) is 0 Å². The second-order valence-corrected chi connectivity index (χ2v) is 5.70. The minimum absolute atomic E-state index is 0.00349. The number of thioether (sulfide) groups is 1. The fourth-order valence-corrected chi connectivity index (χ4v) is 3.05. The fraction of sp³-hybridized carbons (Fsp3) is 0.357. The Morgan fingerprint density at radius 2 is 2.11 bits per heavy atom. The number of hydrogen-bond acceptors (Lipinski definition) is 4. The van der Waals surface area contributed by atoms with Crippen LogP contribution >= 0.6 is 11.8 Å². The molecule has 96 valence electrons. The van der Waals surface area contributed by atoms with Crippen molar-refractivity contribution in [1.82, 2.24) is 4.98 Å². The molecule has 0 amide bonds. The first kappa shape index (κ1) is 13.2. The van der Waals surface area contributed by atoms with Crippen molar-refractivity contribution < 1.29 is 4.42 Å². The van der Waals surface area contributed by atoms with E-state index in [1.54, 1.807) is 18.0 Å². The molecular formula is C14H18N2OS. The van der Waals surface area contributed by atoms with Crippen LogP contribution in [0.15, 0.2) is 40.0 Å². The molecule has 0 aromatic carbocycles. The first-order valence-electron chi connectivity index (χ1n) is 5.97. The van der Waals surface area contributed by atoms with Crippen LogP contribution in [-0.4, -0.2) is 11.0 Å². The van der Waals surface area contributed by atoms with E-state index in [1.807, 2.05) is 26.0 Å². The van der Waals surface area contributed by atoms with Gasteiger partial charge in [0.15, 0.2) is 0 Å². The summed E-state index contributed by atoms with van der Waals surface area (Å²) in [5.41, 5.74) is 8.29. The minimum atomic E-state index is 0.00349. The molecule has 2 rings (SSSR count). The Morgan fingerprint density at radius 1 is 1.33 bits per heavy atom. The van der Waals surface area contributed by atoms with Crippen molar-refractivity contribution in [3.8, 4) is 0 Å². The zero-order valence-corrected chi connectivity index (χ0v) is 11.7. The largest absolute Gasteiger partial charge is 0.468 e. The number of rotatable bonds is 4. The Labute approximate surface area is 112 Å². The summed E-state index contributed by atoms with van der Waals surface area (Å²) in [7, 11) is 0. The van der Waals surface area contributed by atoms with Crippen molar-refractivity contribution in [3.05, 3.63) is 47.5 Å². The van der Waals surface area contributed by atoms with Gasteiger partial charge in [-0.3, -0.25) is 0 Å². The number of pyridine rings is 1. The third-order valence-electron chi connectivity index (χ3n) is 2.62. The lowest BCUT2D eigenvalue weighted by molar-refractivity contribution is 0.486. The predicted molar refractivity (Wildman–Crippen MR) is 74.7 cm³/mol. The molecule has 18 heavy (non-hydrogen) atoms. The van der Waals surface area contributed by atoms with Gasteiger partial charge in [-0.1, -0.05) is 11.8 Å². The quantitative estimate of drug-likeness (QED) is 0.857. The Bertz CT molecular complexity index is 488. The summed E-state index contributed by atoms with van der Waals surface area (Å²) in [6.07, 6.45) is 1.68. The fourth-order valence-electron chi connectivity index (χ4n) is 1.87. The van der Waals surface area contributed by atoms with Crippen LogP contribution in [0.5, 0.6) is 0 Å². The summed E-state index contributed by atoms with van der Waals surface area (Å²) >= 11 is 1.65. The Kier molecular flexibility index (Phi) is 4.09. The van der Waals surface area contributed by atoms with E-state index in [0.717, 1.165) is 16.5 Å². The van der Waals surface area contributed by atoms with Crippen molar-refractivity contribution in [3.63, 3.8) is 0 Å². The molecule has 2 heterocycles. The van der Waals surface area contributed by atoms with Gasteiger partial charge in [0.1, 0.15) is 5.76 Å². The summed E-state index contributed by atoms with van der Waals surface area (Å²) in [4.78, 5) is 4.53. The average Bonchev–Trinajstić information content (AvgIpc) is 2.77. The van der Waals surface area contributed by atoms with Gasteiger partial charge in [-0.25, -0.2) is 4.98 Å². The average molecular weight is 262 g/mol. The molecule has 2 unspecified atom stereocenters. The van der Waals surface area contributed by atoms with Gasteiger partial charge in [0.05, 0.1) is 16.5 Å². The number of nitrogens with zero attached hydrogens (tertiary/aromatic N) is 1. The van der Waals surface area contributed by atoms with E-state index in [4.69, 9.17) is 10.2 Å². The lowest BCUT2D eigenvalue weighted by atomic mass is 10.2. The van der Waals surface area contributed by atoms with Gasteiger partial charge in [-0.15, -0.1) is 0 Å². The van der Waals surface area contributed by atoms with E-state index in [9.17, 15) is 0 Å². The third kappa shape index (κ3) is 3.15. The SMILES string of the molecule is Cc1cc(C)nc(SC(c2ccco2)C(C)N)c1. The van der Waals surface area contributed by atoms with Crippen LogP contribution in [0.2, 0.25) is 0 Å². The zero-order valence-electron chi connectivity index (χ0n) is 10.9. The van der Waals surface area contributed by atoms with Crippen molar-refractivity contribution in [1.29, 1.82) is 0 Å². The second kappa shape index (κ2) is 5.59. The number of aryl methyl sites for hydroxylation is 2. The molecule has 2 aromatic heterocycles. The maximum absolute atomic E-state index is 6.04. The molecule has 4 heteroatoms. The first-order valence-corrected chi connectivity index (χ1v) is 6.85. The highest BCUT2D eigenvalue weighted by Crippen LogP contribution is 2.36. The molecule has 0 saturated carbocycles. The highest BCUT2D eigenvalue weighted by atomic mass is 32.2. The number of furan rings is 1. The van der Waals surface area contributed by atoms with E-state index < -0.39 is 0 Å². The third-order valence-corrected chi connectivity index (χ3v) is 3.99. The van der Waals surface area contributed by atoms with Gasteiger partial charge >= 0.3 is 0 Å². The summed E-state index contributed by atoms with van der Waals surface area (Å²) in [6, 6.07) is 8.00. The molecule has 0 aliphatic heterocycles. The molecule has 0 radical (unpaired) electrons. The van der Waals surface area contributed by atoms with Crippen LogP contribution in [0.4, 0.5) is 0 Å². The lowest BCUT2D eigenvalue weighted by Gasteiger charge is -2.17. The molecule has 0 saturated heterocycles. The van der Waals surface area contributed by atoms with Crippen LogP contribution in [-0.2, 0) is 0 Å². The smallest absolute Gasteiger partial charge is 0.118 e. The Balaban J connectivity index is 2.24. The maximum atomic E-state index is 6.04. The molecule has 0 aliphatic rings. The first-order chi connectivity index (χ1) is 8.56. The van der Waals surface area contributed by atoms with Gasteiger partial charge in [0.2, 0.25) is 0 Å². The summed E-state index contributed by atoms with van der Waals surface area (Å²) < 4.78 is 5.46. The van der Waals surface area contributed by atoms with Crippen molar-refractivity contribution in [2.24, 2.45) is 5.73 Å². The van der Waals surface area contributed by atoms with E-state index in [0.29, 0.717) is 0 Å². The lowest BCUT2D eigenvalue weighted by Crippen LogP contribution is -2.22. The van der Waals surface area contributed by atoms with Crippen LogP contribution < -0.4 is 5.73 Å². The summed E-state index contributed by atoms with van der Waals surface area (Å²) in [5, 5.41) is 1.08. The van der Waals surface area contributed by atoms with Crippen LogP contribution in [0, 0.1) is 13.8 Å². The van der Waals surface area contributed by atoms with Gasteiger partial charge in [-0.2, -0.15) is 0 Å². The van der Waals surface area contributed by atoms with Gasteiger partial charge in [-0.05, 0) is 50.6 Å². The number of nitrogens with two attached hydrogens (primary N) is 1. The van der Waals surface area contributed by atoms with Crippen molar-refractivity contribution in [2.75, 3.05) is 0 Å². The predicted octanol–water partition coefficient (Wildman–Crippen LogP) is 3.47. The molecule has 0 fully saturated rings. The van der Waals surface area contributed by atoms with E-state index >= 15 is 0 Å². The molecule has 2 N–H and O–H groups in total. The van der Waals surface area contributed by atoms with E-state index in [2.05, 4.69) is 24.0 Å². The molecule has 2 aromatic rings. The van der Waals surface area contributed by atoms with Gasteiger partial charge in [0, 0.05) is 11.7 Å². The van der Waals surface area contributed by atoms with Crippen LogP contribution in [0.1, 0.15) is 29.2 Å². The Hall–Kier alpha value is -1.26. The topological polar surface area (TPSA) is 52.0 Å². The van der Waals surface area contributed by atoms with Crippen LogP contribution in [0.25, 0.3) is 0 Å². The van der Waals surface area contributed by atoms with Crippen molar-refractivity contribution in [2.45, 2.75) is 37.1 Å².